The number of amides is 1. The number of hydrogen-bond acceptors (Lipinski definition) is 5. The summed E-state index contributed by atoms with van der Waals surface area (Å²) in [5.41, 5.74) is 2.09. The molecule has 1 heterocycles. The van der Waals surface area contributed by atoms with Crippen LogP contribution in [0.25, 0.3) is 11.0 Å². The number of carbonyl (C=O) groups is 2. The zero-order valence-corrected chi connectivity index (χ0v) is 17.3. The highest BCUT2D eigenvalue weighted by Crippen LogP contribution is 2.29. The monoisotopic (exact) mass is 445 g/mol. The third kappa shape index (κ3) is 4.20. The third-order valence-corrected chi connectivity index (χ3v) is 5.05. The minimum absolute atomic E-state index is 0.0109. The van der Waals surface area contributed by atoms with Gasteiger partial charge in [0.05, 0.1) is 26.7 Å². The summed E-state index contributed by atoms with van der Waals surface area (Å²) in [6.45, 7) is 1.81. The third-order valence-electron chi connectivity index (χ3n) is 4.53. The molecule has 0 radical (unpaired) electrons. The second-order valence-electron chi connectivity index (χ2n) is 6.28. The van der Waals surface area contributed by atoms with Crippen LogP contribution < -0.4 is 10.1 Å². The molecule has 1 amide bonds. The second kappa shape index (κ2) is 8.48. The lowest BCUT2D eigenvalue weighted by Gasteiger charge is -2.18. The lowest BCUT2D eigenvalue weighted by Crippen LogP contribution is -2.30. The van der Waals surface area contributed by atoms with Gasteiger partial charge in [0.1, 0.15) is 11.3 Å². The quantitative estimate of drug-likeness (QED) is 0.563. The van der Waals surface area contributed by atoms with E-state index in [2.05, 4.69) is 21.2 Å². The van der Waals surface area contributed by atoms with Crippen LogP contribution in [-0.2, 0) is 9.53 Å². The molecular formula is C21H20BrNO5. The predicted octanol–water partition coefficient (Wildman–Crippen LogP) is 4.55. The topological polar surface area (TPSA) is 77.8 Å². The first-order valence-corrected chi connectivity index (χ1v) is 9.42. The van der Waals surface area contributed by atoms with Gasteiger partial charge in [-0.2, -0.15) is 0 Å². The normalized spacial score (nSPS) is 11.9. The number of ether oxygens (including phenoxy) is 2. The number of rotatable bonds is 6. The first kappa shape index (κ1) is 19.9. The number of furan rings is 1. The first-order chi connectivity index (χ1) is 13.4. The van der Waals surface area contributed by atoms with Crippen LogP contribution in [0.4, 0.5) is 0 Å². The summed E-state index contributed by atoms with van der Waals surface area (Å²) in [6, 6.07) is 12.2. The van der Waals surface area contributed by atoms with Crippen LogP contribution in [0.15, 0.2) is 51.4 Å². The number of esters is 1. The molecule has 0 saturated heterocycles. The Morgan fingerprint density at radius 3 is 2.50 bits per heavy atom. The van der Waals surface area contributed by atoms with Crippen LogP contribution in [-0.4, -0.2) is 26.1 Å². The molecule has 0 fully saturated rings. The number of benzene rings is 2. The Morgan fingerprint density at radius 2 is 1.86 bits per heavy atom. The SMILES string of the molecule is COC(=O)CC(NC(=O)c1oc2ccc(OC)cc2c1C)c1ccc(Br)cc1. The van der Waals surface area contributed by atoms with Crippen molar-refractivity contribution >= 4 is 38.8 Å². The highest BCUT2D eigenvalue weighted by Gasteiger charge is 2.24. The zero-order chi connectivity index (χ0) is 20.3. The Bertz CT molecular complexity index is 1010. The second-order valence-corrected chi connectivity index (χ2v) is 7.19. The molecule has 0 aliphatic rings. The van der Waals surface area contributed by atoms with Gasteiger partial charge in [0.15, 0.2) is 5.76 Å². The van der Waals surface area contributed by atoms with Crippen LogP contribution in [0.5, 0.6) is 5.75 Å². The van der Waals surface area contributed by atoms with Crippen molar-refractivity contribution in [3.05, 3.63) is 63.8 Å². The Labute approximate surface area is 170 Å². The number of aryl methyl sites for hydroxylation is 1. The van der Waals surface area contributed by atoms with E-state index in [0.29, 0.717) is 16.9 Å². The highest BCUT2D eigenvalue weighted by molar-refractivity contribution is 9.10. The molecule has 1 atom stereocenters. The van der Waals surface area contributed by atoms with Crippen molar-refractivity contribution in [2.75, 3.05) is 14.2 Å². The predicted molar refractivity (Wildman–Crippen MR) is 108 cm³/mol. The minimum atomic E-state index is -0.546. The van der Waals surface area contributed by atoms with Gasteiger partial charge in [0.25, 0.3) is 5.91 Å². The average molecular weight is 446 g/mol. The van der Waals surface area contributed by atoms with Gasteiger partial charge in [-0.1, -0.05) is 28.1 Å². The van der Waals surface area contributed by atoms with Crippen molar-refractivity contribution in [3.8, 4) is 5.75 Å². The number of carbonyl (C=O) groups excluding carboxylic acids is 2. The standard InChI is InChI=1S/C21H20BrNO5/c1-12-16-10-15(26-2)8-9-18(16)28-20(12)21(25)23-17(11-19(24)27-3)13-4-6-14(22)7-5-13/h4-10,17H,11H2,1-3H3,(H,23,25). The smallest absolute Gasteiger partial charge is 0.307 e. The Kier molecular flexibility index (Phi) is 6.04. The number of methoxy groups -OCH3 is 2. The molecular weight excluding hydrogens is 426 g/mol. The molecule has 146 valence electrons. The largest absolute Gasteiger partial charge is 0.497 e. The number of nitrogens with one attached hydrogen (secondary N) is 1. The van der Waals surface area contributed by atoms with E-state index in [-0.39, 0.29) is 12.2 Å². The van der Waals surface area contributed by atoms with Gasteiger partial charge in [-0.15, -0.1) is 0 Å². The van der Waals surface area contributed by atoms with E-state index in [1.165, 1.54) is 7.11 Å². The fourth-order valence-electron chi connectivity index (χ4n) is 2.96. The molecule has 0 aliphatic carbocycles. The molecule has 0 spiro atoms. The van der Waals surface area contributed by atoms with Gasteiger partial charge in [-0.25, -0.2) is 0 Å². The first-order valence-electron chi connectivity index (χ1n) is 8.63. The van der Waals surface area contributed by atoms with E-state index in [9.17, 15) is 9.59 Å². The average Bonchev–Trinajstić information content (AvgIpc) is 3.04. The van der Waals surface area contributed by atoms with Crippen molar-refractivity contribution in [1.29, 1.82) is 0 Å². The summed E-state index contributed by atoms with van der Waals surface area (Å²) in [4.78, 5) is 24.8. The lowest BCUT2D eigenvalue weighted by molar-refractivity contribution is -0.141. The maximum atomic E-state index is 12.9. The van der Waals surface area contributed by atoms with Crippen LogP contribution in [0.2, 0.25) is 0 Å². The Hall–Kier alpha value is -2.80. The maximum absolute atomic E-state index is 12.9. The molecule has 0 bridgehead atoms. The van der Waals surface area contributed by atoms with Gasteiger partial charge in [0.2, 0.25) is 0 Å². The van der Waals surface area contributed by atoms with Gasteiger partial charge in [0, 0.05) is 15.4 Å². The van der Waals surface area contributed by atoms with E-state index in [1.54, 1.807) is 19.2 Å². The van der Waals surface area contributed by atoms with Crippen LogP contribution in [0.1, 0.15) is 34.1 Å². The minimum Gasteiger partial charge on any atom is -0.497 e. The molecule has 6 nitrogen and oxygen atoms in total. The van der Waals surface area contributed by atoms with Crippen LogP contribution in [0.3, 0.4) is 0 Å². The summed E-state index contributed by atoms with van der Waals surface area (Å²) in [5, 5.41) is 3.69. The molecule has 3 rings (SSSR count). The molecule has 0 aliphatic heterocycles. The fraction of sp³-hybridized carbons (Fsp3) is 0.238. The van der Waals surface area contributed by atoms with Crippen molar-refractivity contribution in [2.24, 2.45) is 0 Å². The number of hydrogen-bond donors (Lipinski definition) is 1. The summed E-state index contributed by atoms with van der Waals surface area (Å²) in [7, 11) is 2.90. The zero-order valence-electron chi connectivity index (χ0n) is 15.7. The Balaban J connectivity index is 1.91. The Morgan fingerprint density at radius 1 is 1.14 bits per heavy atom. The van der Waals surface area contributed by atoms with Crippen molar-refractivity contribution in [3.63, 3.8) is 0 Å². The summed E-state index contributed by atoms with van der Waals surface area (Å²) in [6.07, 6.45) is 0.0109. The maximum Gasteiger partial charge on any atom is 0.307 e. The van der Waals surface area contributed by atoms with Crippen molar-refractivity contribution < 1.29 is 23.5 Å². The molecule has 0 saturated carbocycles. The van der Waals surface area contributed by atoms with Crippen LogP contribution >= 0.6 is 15.9 Å². The van der Waals surface area contributed by atoms with E-state index in [4.69, 9.17) is 13.9 Å². The van der Waals surface area contributed by atoms with Gasteiger partial charge < -0.3 is 19.2 Å². The summed E-state index contributed by atoms with van der Waals surface area (Å²) in [5.74, 6) is 0.0702. The summed E-state index contributed by atoms with van der Waals surface area (Å²) >= 11 is 3.38. The molecule has 1 N–H and O–H groups in total. The lowest BCUT2D eigenvalue weighted by atomic mass is 10.0. The van der Waals surface area contributed by atoms with E-state index in [1.807, 2.05) is 37.3 Å². The molecule has 3 aromatic rings. The highest BCUT2D eigenvalue weighted by atomic mass is 79.9. The van der Waals surface area contributed by atoms with Crippen molar-refractivity contribution in [2.45, 2.75) is 19.4 Å². The van der Waals surface area contributed by atoms with Gasteiger partial charge >= 0.3 is 5.97 Å². The molecule has 2 aromatic carbocycles. The van der Waals surface area contributed by atoms with Gasteiger partial charge in [-0.3, -0.25) is 9.59 Å². The fourth-order valence-corrected chi connectivity index (χ4v) is 3.23. The van der Waals surface area contributed by atoms with Crippen LogP contribution in [0, 0.1) is 6.92 Å². The van der Waals surface area contributed by atoms with E-state index >= 15 is 0 Å². The van der Waals surface area contributed by atoms with Gasteiger partial charge in [-0.05, 0) is 42.8 Å². The molecule has 1 aromatic heterocycles. The van der Waals surface area contributed by atoms with E-state index in [0.717, 1.165) is 15.4 Å². The molecule has 1 unspecified atom stereocenters. The molecule has 28 heavy (non-hydrogen) atoms. The van der Waals surface area contributed by atoms with E-state index < -0.39 is 17.9 Å². The number of halogens is 1. The van der Waals surface area contributed by atoms with Crippen molar-refractivity contribution in [1.82, 2.24) is 5.32 Å². The molecule has 7 heteroatoms. The number of fused-ring (bicyclic) bond motifs is 1. The summed E-state index contributed by atoms with van der Waals surface area (Å²) < 4.78 is 16.7.